The number of hydrogen-bond acceptors (Lipinski definition) is 3. The van der Waals surface area contributed by atoms with Crippen LogP contribution in [0, 0.1) is 0 Å². The van der Waals surface area contributed by atoms with Gasteiger partial charge < -0.3 is 14.6 Å². The van der Waals surface area contributed by atoms with Crippen LogP contribution in [0.1, 0.15) is 16.5 Å². The lowest BCUT2D eigenvalue weighted by molar-refractivity contribution is -0.111. The van der Waals surface area contributed by atoms with Crippen LogP contribution >= 0.6 is 11.8 Å². The van der Waals surface area contributed by atoms with E-state index in [1.807, 2.05) is 65.6 Å². The average Bonchev–Trinajstić information content (AvgIpc) is 3.17. The van der Waals surface area contributed by atoms with Crippen molar-refractivity contribution in [1.82, 2.24) is 9.80 Å². The standard InChI is InChI=1S/C19H18N2O2S/c22-12-16-17-13-24-18(15-9-5-2-6-10-15)21(17)19(23)20(16)11-14-7-3-1-4-8-14/h1-10,12,16-18H,11,13H2/t16-,17+,18?/m1/s1. The summed E-state index contributed by atoms with van der Waals surface area (Å²) in [5.74, 6) is 0.792. The lowest BCUT2D eigenvalue weighted by Crippen LogP contribution is -2.38. The molecule has 0 bridgehead atoms. The Balaban J connectivity index is 1.62. The van der Waals surface area contributed by atoms with E-state index >= 15 is 0 Å². The third-order valence-corrected chi connectivity index (χ3v) is 6.02. The van der Waals surface area contributed by atoms with Gasteiger partial charge in [0.15, 0.2) is 0 Å². The highest BCUT2D eigenvalue weighted by Gasteiger charge is 2.52. The molecular formula is C19H18N2O2S. The highest BCUT2D eigenvalue weighted by molar-refractivity contribution is 7.99. The van der Waals surface area contributed by atoms with Gasteiger partial charge in [-0.3, -0.25) is 0 Å². The molecule has 0 spiro atoms. The number of thioether (sulfide) groups is 1. The SMILES string of the molecule is O=C[C@@H]1[C@@H]2CSC(c3ccccc3)N2C(=O)N1Cc1ccccc1. The number of urea groups is 1. The summed E-state index contributed by atoms with van der Waals surface area (Å²) in [6, 6.07) is 19.4. The van der Waals surface area contributed by atoms with E-state index in [9.17, 15) is 9.59 Å². The number of nitrogens with zero attached hydrogens (tertiary/aromatic N) is 2. The van der Waals surface area contributed by atoms with E-state index in [0.29, 0.717) is 6.54 Å². The molecule has 2 aromatic carbocycles. The molecule has 2 saturated heterocycles. The van der Waals surface area contributed by atoms with Crippen molar-refractivity contribution in [1.29, 1.82) is 0 Å². The van der Waals surface area contributed by atoms with Gasteiger partial charge >= 0.3 is 6.03 Å². The van der Waals surface area contributed by atoms with Crippen LogP contribution in [0.25, 0.3) is 0 Å². The van der Waals surface area contributed by atoms with Crippen LogP contribution < -0.4 is 0 Å². The number of amides is 2. The second kappa shape index (κ2) is 6.32. The number of rotatable bonds is 4. The zero-order valence-corrected chi connectivity index (χ0v) is 13.9. The fraction of sp³-hybridized carbons (Fsp3) is 0.263. The van der Waals surface area contributed by atoms with Crippen molar-refractivity contribution in [2.75, 3.05) is 5.75 Å². The Morgan fingerprint density at radius 2 is 1.71 bits per heavy atom. The minimum Gasteiger partial charge on any atom is -0.308 e. The van der Waals surface area contributed by atoms with E-state index in [0.717, 1.165) is 23.2 Å². The maximum atomic E-state index is 13.0. The summed E-state index contributed by atoms with van der Waals surface area (Å²) in [7, 11) is 0. The minimum absolute atomic E-state index is 0.00748. The van der Waals surface area contributed by atoms with Gasteiger partial charge in [-0.1, -0.05) is 60.7 Å². The molecule has 3 atom stereocenters. The van der Waals surface area contributed by atoms with Crippen molar-refractivity contribution in [3.8, 4) is 0 Å². The van der Waals surface area contributed by atoms with Crippen LogP contribution in [0.3, 0.4) is 0 Å². The number of fused-ring (bicyclic) bond motifs is 1. The first kappa shape index (κ1) is 15.3. The highest BCUT2D eigenvalue weighted by atomic mass is 32.2. The molecular weight excluding hydrogens is 320 g/mol. The summed E-state index contributed by atoms with van der Waals surface area (Å²) < 4.78 is 0. The van der Waals surface area contributed by atoms with Crippen LogP contribution in [0.2, 0.25) is 0 Å². The molecule has 0 saturated carbocycles. The largest absolute Gasteiger partial charge is 0.322 e. The lowest BCUT2D eigenvalue weighted by Gasteiger charge is -2.24. The van der Waals surface area contributed by atoms with Crippen molar-refractivity contribution in [2.24, 2.45) is 0 Å². The zero-order valence-electron chi connectivity index (χ0n) is 13.1. The van der Waals surface area contributed by atoms with E-state index in [1.54, 1.807) is 16.7 Å². The molecule has 4 nitrogen and oxygen atoms in total. The quantitative estimate of drug-likeness (QED) is 0.803. The second-order valence-electron chi connectivity index (χ2n) is 6.09. The Kier molecular flexibility index (Phi) is 4.02. The van der Waals surface area contributed by atoms with Crippen LogP contribution in [-0.2, 0) is 11.3 Å². The van der Waals surface area contributed by atoms with Gasteiger partial charge in [-0.15, -0.1) is 11.8 Å². The smallest absolute Gasteiger partial charge is 0.308 e. The molecule has 5 heteroatoms. The normalized spacial score (nSPS) is 25.8. The molecule has 2 fully saturated rings. The fourth-order valence-corrected chi connectivity index (χ4v) is 5.00. The Morgan fingerprint density at radius 1 is 1.04 bits per heavy atom. The monoisotopic (exact) mass is 338 g/mol. The highest BCUT2D eigenvalue weighted by Crippen LogP contribution is 2.46. The van der Waals surface area contributed by atoms with Gasteiger partial charge in [0.05, 0.1) is 6.04 Å². The van der Waals surface area contributed by atoms with Gasteiger partial charge in [0.2, 0.25) is 0 Å². The van der Waals surface area contributed by atoms with Gasteiger partial charge in [-0.05, 0) is 11.1 Å². The Bertz CT molecular complexity index is 738. The van der Waals surface area contributed by atoms with Crippen LogP contribution in [-0.4, -0.2) is 40.0 Å². The maximum absolute atomic E-state index is 13.0. The second-order valence-corrected chi connectivity index (χ2v) is 7.21. The molecule has 0 N–H and O–H groups in total. The maximum Gasteiger partial charge on any atom is 0.322 e. The van der Waals surface area contributed by atoms with Crippen molar-refractivity contribution >= 4 is 24.1 Å². The molecule has 0 aromatic heterocycles. The lowest BCUT2D eigenvalue weighted by atomic mass is 10.1. The molecule has 122 valence electrons. The molecule has 2 heterocycles. The number of benzene rings is 2. The average molecular weight is 338 g/mol. The third kappa shape index (κ3) is 2.49. The van der Waals surface area contributed by atoms with E-state index in [4.69, 9.17) is 0 Å². The molecule has 4 rings (SSSR count). The molecule has 0 aliphatic carbocycles. The predicted octanol–water partition coefficient (Wildman–Crippen LogP) is 3.31. The van der Waals surface area contributed by atoms with Crippen molar-refractivity contribution < 1.29 is 9.59 Å². The van der Waals surface area contributed by atoms with Gasteiger partial charge in [-0.25, -0.2) is 4.79 Å². The molecule has 24 heavy (non-hydrogen) atoms. The van der Waals surface area contributed by atoms with E-state index < -0.39 is 0 Å². The summed E-state index contributed by atoms with van der Waals surface area (Å²) in [4.78, 5) is 28.3. The fourth-order valence-electron chi connectivity index (χ4n) is 3.50. The number of carbonyl (C=O) groups excluding carboxylic acids is 2. The van der Waals surface area contributed by atoms with Crippen LogP contribution in [0.4, 0.5) is 4.79 Å². The van der Waals surface area contributed by atoms with Crippen molar-refractivity contribution in [3.63, 3.8) is 0 Å². The minimum atomic E-state index is -0.376. The Hall–Kier alpha value is -2.27. The number of carbonyl (C=O) groups is 2. The Labute approximate surface area is 145 Å². The summed E-state index contributed by atoms with van der Waals surface area (Å²) in [5, 5.41) is -0.00748. The topological polar surface area (TPSA) is 40.6 Å². The van der Waals surface area contributed by atoms with E-state index in [-0.39, 0.29) is 23.5 Å². The third-order valence-electron chi connectivity index (χ3n) is 4.68. The van der Waals surface area contributed by atoms with E-state index in [2.05, 4.69) is 0 Å². The van der Waals surface area contributed by atoms with Gasteiger partial charge in [0.1, 0.15) is 17.7 Å². The summed E-state index contributed by atoms with van der Waals surface area (Å²) in [5.41, 5.74) is 2.16. The first-order chi connectivity index (χ1) is 11.8. The van der Waals surface area contributed by atoms with Gasteiger partial charge in [-0.2, -0.15) is 0 Å². The number of aldehydes is 1. The van der Waals surface area contributed by atoms with Crippen LogP contribution in [0.15, 0.2) is 60.7 Å². The first-order valence-electron chi connectivity index (χ1n) is 8.04. The first-order valence-corrected chi connectivity index (χ1v) is 9.09. The van der Waals surface area contributed by atoms with E-state index in [1.165, 1.54) is 0 Å². The molecule has 2 aliphatic heterocycles. The number of hydrogen-bond donors (Lipinski definition) is 0. The van der Waals surface area contributed by atoms with Crippen LogP contribution in [0.5, 0.6) is 0 Å². The molecule has 0 radical (unpaired) electrons. The summed E-state index contributed by atoms with van der Waals surface area (Å²) >= 11 is 1.74. The molecule has 2 aromatic rings. The molecule has 2 amide bonds. The van der Waals surface area contributed by atoms with Crippen molar-refractivity contribution in [2.45, 2.75) is 24.0 Å². The molecule has 1 unspecified atom stereocenters. The molecule has 2 aliphatic rings. The predicted molar refractivity (Wildman–Crippen MR) is 94.5 cm³/mol. The summed E-state index contributed by atoms with van der Waals surface area (Å²) in [6.07, 6.45) is 0.930. The van der Waals surface area contributed by atoms with Crippen molar-refractivity contribution in [3.05, 3.63) is 71.8 Å². The van der Waals surface area contributed by atoms with Gasteiger partial charge in [0.25, 0.3) is 0 Å². The van der Waals surface area contributed by atoms with Gasteiger partial charge in [0, 0.05) is 12.3 Å². The zero-order chi connectivity index (χ0) is 16.5. The summed E-state index contributed by atoms with van der Waals surface area (Å²) in [6.45, 7) is 0.474. The Morgan fingerprint density at radius 3 is 2.38 bits per heavy atom.